The van der Waals surface area contributed by atoms with Crippen LogP contribution in [0.2, 0.25) is 0 Å². The lowest BCUT2D eigenvalue weighted by atomic mass is 9.49. The third-order valence-electron chi connectivity index (χ3n) is 9.01. The van der Waals surface area contributed by atoms with Crippen LogP contribution in [0.3, 0.4) is 0 Å². The van der Waals surface area contributed by atoms with Gasteiger partial charge in [-0.25, -0.2) is 0 Å². The van der Waals surface area contributed by atoms with Crippen LogP contribution in [0.5, 0.6) is 0 Å². The summed E-state index contributed by atoms with van der Waals surface area (Å²) in [5.41, 5.74) is -0.134. The highest BCUT2D eigenvalue weighted by Gasteiger charge is 2.54. The number of hydrogen-bond donors (Lipinski definition) is 1. The minimum Gasteiger partial charge on any atom is -0.355 e. The number of carbonyl (C=O) groups is 3. The molecular weight excluding hydrogens is 390 g/mol. The first-order chi connectivity index (χ1) is 15.0. The highest BCUT2D eigenvalue weighted by molar-refractivity contribution is 5.84. The van der Waals surface area contributed by atoms with E-state index >= 15 is 0 Å². The molecule has 6 fully saturated rings. The SMILES string of the molecule is O=C(CCNC(=O)C12CC3CC(CC(C3)C1)C2)N1CCC(C(=O)N2CCCCC2)CC1. The highest BCUT2D eigenvalue weighted by Crippen LogP contribution is 2.60. The van der Waals surface area contributed by atoms with Gasteiger partial charge in [0, 0.05) is 50.5 Å². The van der Waals surface area contributed by atoms with Gasteiger partial charge < -0.3 is 15.1 Å². The van der Waals surface area contributed by atoms with Gasteiger partial charge in [-0.2, -0.15) is 0 Å². The van der Waals surface area contributed by atoms with Crippen molar-refractivity contribution in [3.8, 4) is 0 Å². The summed E-state index contributed by atoms with van der Waals surface area (Å²) in [6.45, 7) is 3.60. The molecule has 4 saturated carbocycles. The number of nitrogens with one attached hydrogen (secondary N) is 1. The Morgan fingerprint density at radius 3 is 1.94 bits per heavy atom. The van der Waals surface area contributed by atoms with Crippen LogP contribution >= 0.6 is 0 Å². The molecule has 0 aromatic heterocycles. The zero-order valence-electron chi connectivity index (χ0n) is 18.9. The topological polar surface area (TPSA) is 69.7 Å². The molecule has 0 aromatic carbocycles. The van der Waals surface area contributed by atoms with Gasteiger partial charge in [-0.1, -0.05) is 0 Å². The van der Waals surface area contributed by atoms with Crippen molar-refractivity contribution in [2.45, 2.75) is 77.0 Å². The third kappa shape index (κ3) is 4.36. The number of likely N-dealkylation sites (tertiary alicyclic amines) is 2. The van der Waals surface area contributed by atoms with E-state index in [1.807, 2.05) is 9.80 Å². The number of piperidine rings is 2. The van der Waals surface area contributed by atoms with Gasteiger partial charge in [-0.3, -0.25) is 14.4 Å². The Morgan fingerprint density at radius 2 is 1.35 bits per heavy atom. The summed E-state index contributed by atoms with van der Waals surface area (Å²) in [5, 5.41) is 3.13. The summed E-state index contributed by atoms with van der Waals surface area (Å²) in [4.78, 5) is 42.4. The number of nitrogens with zero attached hydrogens (tertiary/aromatic N) is 2. The van der Waals surface area contributed by atoms with E-state index in [1.165, 1.54) is 25.7 Å². The van der Waals surface area contributed by atoms with E-state index in [-0.39, 0.29) is 23.1 Å². The second kappa shape index (κ2) is 8.74. The Balaban J connectivity index is 1.04. The fourth-order valence-electron chi connectivity index (χ4n) is 7.77. The van der Waals surface area contributed by atoms with Crippen LogP contribution in [0.1, 0.15) is 77.0 Å². The van der Waals surface area contributed by atoms with E-state index in [9.17, 15) is 14.4 Å². The minimum atomic E-state index is -0.134. The molecule has 6 nitrogen and oxygen atoms in total. The molecule has 0 spiro atoms. The van der Waals surface area contributed by atoms with E-state index in [1.54, 1.807) is 0 Å². The average Bonchev–Trinajstić information content (AvgIpc) is 2.78. The van der Waals surface area contributed by atoms with E-state index in [2.05, 4.69) is 5.32 Å². The Kier molecular flexibility index (Phi) is 6.00. The van der Waals surface area contributed by atoms with Crippen LogP contribution < -0.4 is 5.32 Å². The van der Waals surface area contributed by atoms with Crippen LogP contribution in [0.25, 0.3) is 0 Å². The van der Waals surface area contributed by atoms with Gasteiger partial charge in [0.1, 0.15) is 0 Å². The predicted molar refractivity (Wildman–Crippen MR) is 118 cm³/mol. The lowest BCUT2D eigenvalue weighted by Gasteiger charge is -2.55. The molecule has 2 saturated heterocycles. The monoisotopic (exact) mass is 429 g/mol. The maximum absolute atomic E-state index is 13.0. The summed E-state index contributed by atoms with van der Waals surface area (Å²) in [5.74, 6) is 2.99. The molecule has 4 aliphatic carbocycles. The normalized spacial score (nSPS) is 35.3. The van der Waals surface area contributed by atoms with Gasteiger partial charge in [0.25, 0.3) is 0 Å². The van der Waals surface area contributed by atoms with Crippen molar-refractivity contribution in [2.75, 3.05) is 32.7 Å². The lowest BCUT2D eigenvalue weighted by molar-refractivity contribution is -0.146. The summed E-state index contributed by atoms with van der Waals surface area (Å²) in [7, 11) is 0. The van der Waals surface area contributed by atoms with Crippen LogP contribution in [0, 0.1) is 29.1 Å². The molecule has 0 atom stereocenters. The summed E-state index contributed by atoms with van der Waals surface area (Å²) >= 11 is 0. The van der Waals surface area contributed by atoms with E-state index < -0.39 is 0 Å². The van der Waals surface area contributed by atoms with Crippen molar-refractivity contribution in [1.82, 2.24) is 15.1 Å². The van der Waals surface area contributed by atoms with Crippen LogP contribution in [-0.4, -0.2) is 60.2 Å². The molecule has 1 N–H and O–H groups in total. The molecule has 4 bridgehead atoms. The van der Waals surface area contributed by atoms with E-state index in [4.69, 9.17) is 0 Å². The fourth-order valence-corrected chi connectivity index (χ4v) is 7.77. The molecule has 0 unspecified atom stereocenters. The molecule has 2 aliphatic heterocycles. The molecule has 6 heteroatoms. The molecule has 0 radical (unpaired) electrons. The lowest BCUT2D eigenvalue weighted by Crippen LogP contribution is -2.54. The largest absolute Gasteiger partial charge is 0.355 e. The van der Waals surface area contributed by atoms with Gasteiger partial charge in [0.15, 0.2) is 0 Å². The zero-order valence-corrected chi connectivity index (χ0v) is 18.9. The van der Waals surface area contributed by atoms with E-state index in [0.29, 0.717) is 32.0 Å². The van der Waals surface area contributed by atoms with Crippen molar-refractivity contribution >= 4 is 17.7 Å². The van der Waals surface area contributed by atoms with Gasteiger partial charge in [0.05, 0.1) is 0 Å². The fraction of sp³-hybridized carbons (Fsp3) is 0.880. The molecule has 6 rings (SSSR count). The summed E-state index contributed by atoms with van der Waals surface area (Å²) < 4.78 is 0. The highest BCUT2D eigenvalue weighted by atomic mass is 16.2. The Bertz CT molecular complexity index is 672. The second-order valence-electron chi connectivity index (χ2n) is 11.2. The Labute approximate surface area is 186 Å². The second-order valence-corrected chi connectivity index (χ2v) is 11.2. The van der Waals surface area contributed by atoms with Crippen molar-refractivity contribution in [3.63, 3.8) is 0 Å². The average molecular weight is 430 g/mol. The molecule has 172 valence electrons. The molecular formula is C25H39N3O3. The van der Waals surface area contributed by atoms with Crippen molar-refractivity contribution in [2.24, 2.45) is 29.1 Å². The Hall–Kier alpha value is -1.59. The summed E-state index contributed by atoms with van der Waals surface area (Å²) in [6, 6.07) is 0. The minimum absolute atomic E-state index is 0.0814. The quantitative estimate of drug-likeness (QED) is 0.730. The maximum Gasteiger partial charge on any atom is 0.226 e. The van der Waals surface area contributed by atoms with Crippen LogP contribution in [-0.2, 0) is 14.4 Å². The van der Waals surface area contributed by atoms with E-state index in [0.717, 1.165) is 75.8 Å². The molecule has 3 amide bonds. The molecule has 6 aliphatic rings. The first-order valence-electron chi connectivity index (χ1n) is 12.9. The van der Waals surface area contributed by atoms with Gasteiger partial charge in [-0.05, 0) is 88.4 Å². The number of rotatable bonds is 5. The van der Waals surface area contributed by atoms with Crippen LogP contribution in [0.4, 0.5) is 0 Å². The number of carbonyl (C=O) groups excluding carboxylic acids is 3. The zero-order chi connectivity index (χ0) is 21.4. The molecule has 31 heavy (non-hydrogen) atoms. The number of hydrogen-bond acceptors (Lipinski definition) is 3. The Morgan fingerprint density at radius 1 is 0.774 bits per heavy atom. The third-order valence-corrected chi connectivity index (χ3v) is 9.01. The molecule has 0 aromatic rings. The smallest absolute Gasteiger partial charge is 0.226 e. The van der Waals surface area contributed by atoms with Crippen molar-refractivity contribution in [3.05, 3.63) is 0 Å². The standard InChI is InChI=1S/C25H39N3O3/c29-22(27-10-5-21(6-11-27)23(30)28-8-2-1-3-9-28)4-7-26-24(31)25-15-18-12-19(16-25)14-20(13-18)17-25/h18-21H,1-17H2,(H,26,31). The van der Waals surface area contributed by atoms with Gasteiger partial charge >= 0.3 is 0 Å². The molecule has 2 heterocycles. The van der Waals surface area contributed by atoms with Crippen molar-refractivity contribution in [1.29, 1.82) is 0 Å². The predicted octanol–water partition coefficient (Wildman–Crippen LogP) is 2.96. The number of amides is 3. The van der Waals surface area contributed by atoms with Crippen molar-refractivity contribution < 1.29 is 14.4 Å². The van der Waals surface area contributed by atoms with Crippen LogP contribution in [0.15, 0.2) is 0 Å². The maximum atomic E-state index is 13.0. The first kappa shape index (κ1) is 21.3. The summed E-state index contributed by atoms with van der Waals surface area (Å²) in [6.07, 6.45) is 12.6. The first-order valence-corrected chi connectivity index (χ1v) is 12.9. The van der Waals surface area contributed by atoms with Gasteiger partial charge in [0.2, 0.25) is 17.7 Å². The van der Waals surface area contributed by atoms with Gasteiger partial charge in [-0.15, -0.1) is 0 Å².